The molecule has 0 unspecified atom stereocenters. The minimum Gasteiger partial charge on any atom is -0.488 e. The number of rotatable bonds is 5. The molecule has 1 aliphatic carbocycles. The molecule has 1 aliphatic rings. The predicted octanol–water partition coefficient (Wildman–Crippen LogP) is 3.53. The van der Waals surface area contributed by atoms with E-state index in [-0.39, 0.29) is 0 Å². The van der Waals surface area contributed by atoms with Gasteiger partial charge in [-0.25, -0.2) is 0 Å². The quantitative estimate of drug-likeness (QED) is 0.481. The molecule has 3 heteroatoms. The van der Waals surface area contributed by atoms with Gasteiger partial charge in [-0.1, -0.05) is 36.4 Å². The van der Waals surface area contributed by atoms with Gasteiger partial charge in [0.25, 0.3) is 0 Å². The van der Waals surface area contributed by atoms with Gasteiger partial charge in [0, 0.05) is 0 Å². The van der Waals surface area contributed by atoms with E-state index in [2.05, 4.69) is 0 Å². The summed E-state index contributed by atoms with van der Waals surface area (Å²) in [5, 5.41) is 0. The average molecular weight is 294 g/mol. The van der Waals surface area contributed by atoms with Crippen LogP contribution < -0.4 is 4.74 Å². The van der Waals surface area contributed by atoms with Gasteiger partial charge in [-0.15, -0.1) is 0 Å². The van der Waals surface area contributed by atoms with Crippen molar-refractivity contribution in [2.24, 2.45) is 0 Å². The molecule has 112 valence electrons. The lowest BCUT2D eigenvalue weighted by Gasteiger charge is -2.21. The number of hydrogen-bond donors (Lipinski definition) is 0. The molecule has 22 heavy (non-hydrogen) atoms. The van der Waals surface area contributed by atoms with Crippen molar-refractivity contribution in [1.82, 2.24) is 0 Å². The van der Waals surface area contributed by atoms with Crippen LogP contribution in [0.5, 0.6) is 5.75 Å². The third-order valence-corrected chi connectivity index (χ3v) is 4.08. The fourth-order valence-electron chi connectivity index (χ4n) is 2.95. The van der Waals surface area contributed by atoms with Crippen molar-refractivity contribution in [3.63, 3.8) is 0 Å². The Bertz CT molecular complexity index is 689. The van der Waals surface area contributed by atoms with E-state index in [0.29, 0.717) is 24.2 Å². The molecule has 0 aliphatic heterocycles. The number of aldehydes is 1. The van der Waals surface area contributed by atoms with Crippen LogP contribution in [0.3, 0.4) is 0 Å². The Morgan fingerprint density at radius 1 is 1.05 bits per heavy atom. The molecule has 0 saturated carbocycles. The van der Waals surface area contributed by atoms with Gasteiger partial charge in [0.2, 0.25) is 5.78 Å². The maximum atomic E-state index is 11.9. The lowest BCUT2D eigenvalue weighted by atomic mass is 9.88. The van der Waals surface area contributed by atoms with Crippen LogP contribution in [0.4, 0.5) is 0 Å². The van der Waals surface area contributed by atoms with E-state index >= 15 is 0 Å². The lowest BCUT2D eigenvalue weighted by Crippen LogP contribution is -2.12. The fraction of sp³-hybridized carbons (Fsp3) is 0.263. The second kappa shape index (κ2) is 6.56. The molecule has 0 N–H and O–H groups in total. The largest absolute Gasteiger partial charge is 0.488 e. The van der Waals surface area contributed by atoms with E-state index in [1.807, 2.05) is 36.4 Å². The standard InChI is InChI=1S/C19H18O3/c20-12-18(21)17-11-10-15-8-4-5-9-16(15)19(17)22-13-14-6-2-1-3-7-14/h1-3,6-7,10-12H,4-5,8-9,13H2. The molecule has 0 spiro atoms. The van der Waals surface area contributed by atoms with Crippen molar-refractivity contribution in [3.05, 3.63) is 64.7 Å². The number of fused-ring (bicyclic) bond motifs is 1. The molecule has 0 bridgehead atoms. The Hall–Kier alpha value is -2.42. The molecule has 0 radical (unpaired) electrons. The van der Waals surface area contributed by atoms with Crippen LogP contribution in [-0.2, 0) is 24.2 Å². The molecule has 0 saturated heterocycles. The average Bonchev–Trinajstić information content (AvgIpc) is 2.59. The Morgan fingerprint density at radius 2 is 1.82 bits per heavy atom. The highest BCUT2D eigenvalue weighted by molar-refractivity contribution is 6.34. The molecular formula is C19H18O3. The van der Waals surface area contributed by atoms with Gasteiger partial charge in [-0.3, -0.25) is 9.59 Å². The topological polar surface area (TPSA) is 43.4 Å². The van der Waals surface area contributed by atoms with Crippen molar-refractivity contribution in [1.29, 1.82) is 0 Å². The second-order valence-corrected chi connectivity index (χ2v) is 5.54. The number of ether oxygens (including phenoxy) is 1. The number of ketones is 1. The van der Waals surface area contributed by atoms with Crippen LogP contribution >= 0.6 is 0 Å². The first-order valence-corrected chi connectivity index (χ1v) is 7.60. The van der Waals surface area contributed by atoms with E-state index in [1.165, 1.54) is 5.56 Å². The van der Waals surface area contributed by atoms with Crippen molar-refractivity contribution in [2.75, 3.05) is 0 Å². The SMILES string of the molecule is O=CC(=O)c1ccc2c(c1OCc1ccccc1)CCCC2. The van der Waals surface area contributed by atoms with Gasteiger partial charge in [0.1, 0.15) is 12.4 Å². The monoisotopic (exact) mass is 294 g/mol. The number of hydrogen-bond acceptors (Lipinski definition) is 3. The highest BCUT2D eigenvalue weighted by atomic mass is 16.5. The van der Waals surface area contributed by atoms with Crippen molar-refractivity contribution in [2.45, 2.75) is 32.3 Å². The van der Waals surface area contributed by atoms with Crippen LogP contribution in [0.15, 0.2) is 42.5 Å². The third kappa shape index (κ3) is 2.93. The zero-order valence-corrected chi connectivity index (χ0v) is 12.4. The van der Waals surface area contributed by atoms with Crippen LogP contribution in [-0.4, -0.2) is 12.1 Å². The first-order valence-electron chi connectivity index (χ1n) is 7.60. The molecular weight excluding hydrogens is 276 g/mol. The van der Waals surface area contributed by atoms with E-state index in [0.717, 1.165) is 36.8 Å². The van der Waals surface area contributed by atoms with E-state index in [4.69, 9.17) is 4.74 Å². The predicted molar refractivity (Wildman–Crippen MR) is 84.3 cm³/mol. The molecule has 0 aromatic heterocycles. The molecule has 0 fully saturated rings. The maximum absolute atomic E-state index is 11.9. The molecule has 3 rings (SSSR count). The summed E-state index contributed by atoms with van der Waals surface area (Å²) >= 11 is 0. The van der Waals surface area contributed by atoms with Gasteiger partial charge in [-0.2, -0.15) is 0 Å². The maximum Gasteiger partial charge on any atom is 0.229 e. The summed E-state index contributed by atoms with van der Waals surface area (Å²) in [5.41, 5.74) is 3.75. The second-order valence-electron chi connectivity index (χ2n) is 5.54. The van der Waals surface area contributed by atoms with Crippen LogP contribution in [0, 0.1) is 0 Å². The van der Waals surface area contributed by atoms with Crippen LogP contribution in [0.25, 0.3) is 0 Å². The Labute approximate surface area is 129 Å². The number of carbonyl (C=O) groups excluding carboxylic acids is 2. The van der Waals surface area contributed by atoms with Gasteiger partial charge in [0.15, 0.2) is 6.29 Å². The van der Waals surface area contributed by atoms with E-state index in [9.17, 15) is 9.59 Å². The summed E-state index contributed by atoms with van der Waals surface area (Å²) in [4.78, 5) is 22.8. The fourth-order valence-corrected chi connectivity index (χ4v) is 2.95. The summed E-state index contributed by atoms with van der Waals surface area (Å²) in [7, 11) is 0. The minimum atomic E-state index is -0.517. The van der Waals surface area contributed by atoms with Gasteiger partial charge >= 0.3 is 0 Å². The Kier molecular flexibility index (Phi) is 4.33. The number of carbonyl (C=O) groups is 2. The molecule has 0 heterocycles. The number of Topliss-reactive ketones (excluding diaryl/α,β-unsaturated/α-hetero) is 1. The molecule has 0 amide bonds. The smallest absolute Gasteiger partial charge is 0.229 e. The summed E-state index contributed by atoms with van der Waals surface area (Å²) < 4.78 is 5.96. The first kappa shape index (κ1) is 14.5. The highest BCUT2D eigenvalue weighted by Crippen LogP contribution is 2.33. The van der Waals surface area contributed by atoms with Crippen LogP contribution in [0.2, 0.25) is 0 Å². The number of aryl methyl sites for hydroxylation is 1. The molecule has 0 atom stereocenters. The third-order valence-electron chi connectivity index (χ3n) is 4.08. The Balaban J connectivity index is 1.95. The van der Waals surface area contributed by atoms with Gasteiger partial charge < -0.3 is 4.74 Å². The summed E-state index contributed by atoms with van der Waals surface area (Å²) in [6.07, 6.45) is 4.52. The van der Waals surface area contributed by atoms with Crippen molar-refractivity contribution >= 4 is 12.1 Å². The Morgan fingerprint density at radius 3 is 2.59 bits per heavy atom. The van der Waals surface area contributed by atoms with E-state index in [1.54, 1.807) is 6.07 Å². The number of benzene rings is 2. The minimum absolute atomic E-state index is 0.361. The molecule has 2 aromatic carbocycles. The van der Waals surface area contributed by atoms with Crippen molar-refractivity contribution < 1.29 is 14.3 Å². The van der Waals surface area contributed by atoms with E-state index < -0.39 is 5.78 Å². The zero-order chi connectivity index (χ0) is 15.4. The normalized spacial score (nSPS) is 13.3. The van der Waals surface area contributed by atoms with Gasteiger partial charge in [-0.05, 0) is 48.4 Å². The lowest BCUT2D eigenvalue weighted by molar-refractivity contribution is -0.104. The van der Waals surface area contributed by atoms with Crippen molar-refractivity contribution in [3.8, 4) is 5.75 Å². The summed E-state index contributed by atoms with van der Waals surface area (Å²) in [6, 6.07) is 13.5. The zero-order valence-electron chi connectivity index (χ0n) is 12.4. The highest BCUT2D eigenvalue weighted by Gasteiger charge is 2.21. The molecule has 2 aromatic rings. The summed E-state index contributed by atoms with van der Waals surface area (Å²) in [6.45, 7) is 0.399. The van der Waals surface area contributed by atoms with Crippen LogP contribution in [0.1, 0.15) is 39.9 Å². The van der Waals surface area contributed by atoms with Gasteiger partial charge in [0.05, 0.1) is 5.56 Å². The first-order chi connectivity index (χ1) is 10.8. The molecule has 3 nitrogen and oxygen atoms in total. The summed E-state index contributed by atoms with van der Waals surface area (Å²) in [5.74, 6) is 0.0783.